The highest BCUT2D eigenvalue weighted by molar-refractivity contribution is 7.89. The van der Waals surface area contributed by atoms with Gasteiger partial charge in [-0.3, -0.25) is 14.5 Å². The molecule has 1 aromatic carbocycles. The molecule has 11 heteroatoms. The van der Waals surface area contributed by atoms with Crippen LogP contribution in [0.4, 0.5) is 10.5 Å². The van der Waals surface area contributed by atoms with Gasteiger partial charge in [0, 0.05) is 18.8 Å². The predicted octanol–water partition coefficient (Wildman–Crippen LogP) is 1.53. The molecule has 0 aromatic heterocycles. The third-order valence-electron chi connectivity index (χ3n) is 6.38. The molecule has 10 nitrogen and oxygen atoms in total. The van der Waals surface area contributed by atoms with Crippen LogP contribution in [0.3, 0.4) is 0 Å². The number of methoxy groups -OCH3 is 1. The van der Waals surface area contributed by atoms with Crippen molar-refractivity contribution in [2.24, 2.45) is 5.92 Å². The van der Waals surface area contributed by atoms with Crippen molar-refractivity contribution in [1.29, 1.82) is 0 Å². The maximum atomic E-state index is 13.1. The predicted molar refractivity (Wildman–Crippen MR) is 116 cm³/mol. The third kappa shape index (κ3) is 4.06. The number of hydrogen-bond donors (Lipinski definition) is 2. The largest absolute Gasteiger partial charge is 0.495 e. The van der Waals surface area contributed by atoms with Gasteiger partial charge in [0.2, 0.25) is 15.9 Å². The summed E-state index contributed by atoms with van der Waals surface area (Å²) in [4.78, 5) is 38.5. The first-order valence-corrected chi connectivity index (χ1v) is 12.2. The van der Waals surface area contributed by atoms with Gasteiger partial charge in [-0.05, 0) is 56.7 Å². The number of nitrogens with one attached hydrogen (secondary N) is 2. The Hall–Kier alpha value is -2.66. The summed E-state index contributed by atoms with van der Waals surface area (Å²) in [6, 6.07) is 3.75. The van der Waals surface area contributed by atoms with Crippen LogP contribution in [0, 0.1) is 5.92 Å². The quantitative estimate of drug-likeness (QED) is 0.590. The van der Waals surface area contributed by atoms with E-state index in [-0.39, 0.29) is 22.3 Å². The lowest BCUT2D eigenvalue weighted by Crippen LogP contribution is -2.46. The molecule has 2 saturated heterocycles. The topological polar surface area (TPSA) is 125 Å². The molecule has 3 aliphatic rings. The number of urea groups is 1. The molecule has 0 radical (unpaired) electrons. The van der Waals surface area contributed by atoms with Crippen LogP contribution in [-0.2, 0) is 19.6 Å². The summed E-state index contributed by atoms with van der Waals surface area (Å²) in [5.41, 5.74) is -0.726. The van der Waals surface area contributed by atoms with Gasteiger partial charge in [-0.15, -0.1) is 0 Å². The van der Waals surface area contributed by atoms with Gasteiger partial charge < -0.3 is 15.4 Å². The van der Waals surface area contributed by atoms with Gasteiger partial charge in [0.15, 0.2) is 0 Å². The van der Waals surface area contributed by atoms with E-state index >= 15 is 0 Å². The first-order chi connectivity index (χ1) is 15.2. The Morgan fingerprint density at radius 1 is 1.22 bits per heavy atom. The van der Waals surface area contributed by atoms with Gasteiger partial charge in [0.05, 0.1) is 7.11 Å². The van der Waals surface area contributed by atoms with E-state index in [4.69, 9.17) is 4.74 Å². The molecule has 1 atom stereocenters. The lowest BCUT2D eigenvalue weighted by Gasteiger charge is -2.26. The van der Waals surface area contributed by atoms with Crippen molar-refractivity contribution in [2.45, 2.75) is 49.5 Å². The summed E-state index contributed by atoms with van der Waals surface area (Å²) in [6.45, 7) is 2.11. The molecule has 32 heavy (non-hydrogen) atoms. The molecule has 2 N–H and O–H groups in total. The molecule has 1 aromatic rings. The molecule has 174 valence electrons. The number of amides is 4. The standard InChI is InChI=1S/C21H28N4O6S/c1-21(14-6-7-14)19(27)25(20(28)23-21)13-18(26)22-15-8-9-16(31-2)17(12-15)32(29,30)24-10-4-3-5-11-24/h8-9,12,14H,3-7,10-11,13H2,1-2H3,(H,22,26)(H,23,28)/t21-/m1/s1. The number of anilines is 1. The Balaban J connectivity index is 1.50. The van der Waals surface area contributed by atoms with Gasteiger partial charge in [-0.2, -0.15) is 4.31 Å². The molecule has 1 aliphatic carbocycles. The molecule has 0 bridgehead atoms. The Labute approximate surface area is 187 Å². The normalized spacial score (nSPS) is 24.4. The molecule has 2 aliphatic heterocycles. The highest BCUT2D eigenvalue weighted by Crippen LogP contribution is 2.42. The highest BCUT2D eigenvalue weighted by atomic mass is 32.2. The maximum Gasteiger partial charge on any atom is 0.325 e. The van der Waals surface area contributed by atoms with Crippen molar-refractivity contribution in [2.75, 3.05) is 32.1 Å². The lowest BCUT2D eigenvalue weighted by molar-refractivity contribution is -0.134. The van der Waals surface area contributed by atoms with Gasteiger partial charge in [-0.25, -0.2) is 13.2 Å². The number of carbonyl (C=O) groups is 3. The number of hydrogen-bond acceptors (Lipinski definition) is 6. The van der Waals surface area contributed by atoms with E-state index < -0.39 is 40.0 Å². The minimum atomic E-state index is -3.79. The molecule has 3 fully saturated rings. The lowest BCUT2D eigenvalue weighted by atomic mass is 9.96. The van der Waals surface area contributed by atoms with Crippen LogP contribution in [0.2, 0.25) is 0 Å². The van der Waals surface area contributed by atoms with Crippen molar-refractivity contribution >= 4 is 33.6 Å². The van der Waals surface area contributed by atoms with Crippen molar-refractivity contribution in [3.05, 3.63) is 18.2 Å². The second kappa shape index (κ2) is 8.36. The maximum absolute atomic E-state index is 13.1. The Morgan fingerprint density at radius 2 is 1.91 bits per heavy atom. The average molecular weight is 465 g/mol. The Morgan fingerprint density at radius 3 is 2.53 bits per heavy atom. The zero-order valence-electron chi connectivity index (χ0n) is 18.2. The minimum absolute atomic E-state index is 0.0315. The van der Waals surface area contributed by atoms with Gasteiger partial charge in [0.25, 0.3) is 5.91 Å². The summed E-state index contributed by atoms with van der Waals surface area (Å²) < 4.78 is 32.9. The zero-order valence-corrected chi connectivity index (χ0v) is 19.0. The van der Waals surface area contributed by atoms with E-state index in [2.05, 4.69) is 10.6 Å². The van der Waals surface area contributed by atoms with Crippen molar-refractivity contribution in [1.82, 2.24) is 14.5 Å². The van der Waals surface area contributed by atoms with E-state index in [0.29, 0.717) is 13.1 Å². The second-order valence-corrected chi connectivity index (χ2v) is 10.6. The van der Waals surface area contributed by atoms with Crippen LogP contribution in [0.25, 0.3) is 0 Å². The van der Waals surface area contributed by atoms with Crippen molar-refractivity contribution in [3.8, 4) is 5.75 Å². The minimum Gasteiger partial charge on any atom is -0.495 e. The summed E-state index contributed by atoms with van der Waals surface area (Å²) in [5.74, 6) is -0.734. The zero-order chi connectivity index (χ0) is 23.1. The van der Waals surface area contributed by atoms with E-state index in [1.165, 1.54) is 29.6 Å². The number of rotatable bonds is 7. The molecule has 0 unspecified atom stereocenters. The number of nitrogens with zero attached hydrogens (tertiary/aromatic N) is 2. The molecular weight excluding hydrogens is 436 g/mol. The Kier molecular flexibility index (Phi) is 5.89. The fourth-order valence-corrected chi connectivity index (χ4v) is 6.04. The van der Waals surface area contributed by atoms with E-state index in [9.17, 15) is 22.8 Å². The van der Waals surface area contributed by atoms with E-state index in [0.717, 1.165) is 37.0 Å². The van der Waals surface area contributed by atoms with Crippen LogP contribution in [0.1, 0.15) is 39.0 Å². The van der Waals surface area contributed by atoms with Crippen molar-refractivity contribution < 1.29 is 27.5 Å². The highest BCUT2D eigenvalue weighted by Gasteiger charge is 2.56. The van der Waals surface area contributed by atoms with Crippen LogP contribution >= 0.6 is 0 Å². The number of ether oxygens (including phenoxy) is 1. The second-order valence-electron chi connectivity index (χ2n) is 8.68. The summed E-state index contributed by atoms with van der Waals surface area (Å²) in [6.07, 6.45) is 4.31. The molecular formula is C21H28N4O6S. The molecule has 1 saturated carbocycles. The Bertz CT molecular complexity index is 1050. The van der Waals surface area contributed by atoms with E-state index in [1.54, 1.807) is 6.92 Å². The smallest absolute Gasteiger partial charge is 0.325 e. The monoisotopic (exact) mass is 464 g/mol. The molecule has 0 spiro atoms. The first-order valence-electron chi connectivity index (χ1n) is 10.8. The van der Waals surface area contributed by atoms with E-state index in [1.807, 2.05) is 0 Å². The first kappa shape index (κ1) is 22.5. The number of sulfonamides is 1. The molecule has 2 heterocycles. The van der Waals surface area contributed by atoms with Crippen LogP contribution < -0.4 is 15.4 Å². The summed E-state index contributed by atoms with van der Waals surface area (Å²) in [5, 5.41) is 5.30. The van der Waals surface area contributed by atoms with Gasteiger partial charge in [0.1, 0.15) is 22.7 Å². The van der Waals surface area contributed by atoms with Gasteiger partial charge in [-0.1, -0.05) is 6.42 Å². The van der Waals surface area contributed by atoms with Gasteiger partial charge >= 0.3 is 6.03 Å². The number of imide groups is 1. The van der Waals surface area contributed by atoms with Crippen LogP contribution in [-0.4, -0.2) is 67.8 Å². The molecule has 4 amide bonds. The fourth-order valence-electron chi connectivity index (χ4n) is 4.34. The fraction of sp³-hybridized carbons (Fsp3) is 0.571. The third-order valence-corrected chi connectivity index (χ3v) is 8.30. The summed E-state index contributed by atoms with van der Waals surface area (Å²) >= 11 is 0. The number of benzene rings is 1. The van der Waals surface area contributed by atoms with Crippen LogP contribution in [0.5, 0.6) is 5.75 Å². The molecule has 4 rings (SSSR count). The number of piperidine rings is 1. The summed E-state index contributed by atoms with van der Waals surface area (Å²) in [7, 11) is -2.41. The van der Waals surface area contributed by atoms with Crippen LogP contribution in [0.15, 0.2) is 23.1 Å². The SMILES string of the molecule is COc1ccc(NC(=O)CN2C(=O)N[C@](C)(C3CC3)C2=O)cc1S(=O)(=O)N1CCCCC1. The number of carbonyl (C=O) groups excluding carboxylic acids is 3. The average Bonchev–Trinajstić information content (AvgIpc) is 3.60. The van der Waals surface area contributed by atoms with Crippen molar-refractivity contribution in [3.63, 3.8) is 0 Å².